The summed E-state index contributed by atoms with van der Waals surface area (Å²) in [6.45, 7) is 0.938. The number of aliphatic hydroxyl groups excluding tert-OH is 1. The highest BCUT2D eigenvalue weighted by molar-refractivity contribution is 6.30. The number of carbonyl (C=O) groups is 2. The molecule has 2 atom stereocenters. The van der Waals surface area contributed by atoms with Crippen molar-refractivity contribution in [3.05, 3.63) is 34.9 Å². The Labute approximate surface area is 164 Å². The molecule has 2 aliphatic heterocycles. The molecule has 2 saturated heterocycles. The van der Waals surface area contributed by atoms with Gasteiger partial charge in [-0.15, -0.1) is 0 Å². The number of hydrogen-bond donors (Lipinski definition) is 2. The summed E-state index contributed by atoms with van der Waals surface area (Å²) in [5.74, 6) is -0.0687. The Bertz CT molecular complexity index is 748. The second kappa shape index (κ2) is 7.08. The minimum atomic E-state index is -0.595. The molecule has 2 heterocycles. The summed E-state index contributed by atoms with van der Waals surface area (Å²) >= 11 is 6.18. The van der Waals surface area contributed by atoms with Crippen LogP contribution >= 0.6 is 11.6 Å². The third-order valence-corrected chi connectivity index (χ3v) is 6.89. The first-order valence-electron chi connectivity index (χ1n) is 9.68. The van der Waals surface area contributed by atoms with E-state index in [2.05, 4.69) is 6.07 Å². The maximum absolute atomic E-state index is 12.9. The highest BCUT2D eigenvalue weighted by atomic mass is 35.5. The van der Waals surface area contributed by atoms with E-state index in [0.717, 1.165) is 31.2 Å². The highest BCUT2D eigenvalue weighted by Gasteiger charge is 2.48. The van der Waals surface area contributed by atoms with Crippen LogP contribution in [0.4, 0.5) is 0 Å². The molecule has 3 aliphatic rings. The quantitative estimate of drug-likeness (QED) is 0.812. The van der Waals surface area contributed by atoms with Gasteiger partial charge in [-0.05, 0) is 43.4 Å². The molecule has 2 amide bonds. The fraction of sp³-hybridized carbons (Fsp3) is 0.600. The van der Waals surface area contributed by atoms with E-state index in [0.29, 0.717) is 18.0 Å². The highest BCUT2D eigenvalue weighted by Crippen LogP contribution is 2.41. The number of amides is 2. The lowest BCUT2D eigenvalue weighted by molar-refractivity contribution is -0.156. The summed E-state index contributed by atoms with van der Waals surface area (Å²) in [7, 11) is 0. The van der Waals surface area contributed by atoms with Crippen LogP contribution in [0.3, 0.4) is 0 Å². The largest absolute Gasteiger partial charge is 0.391 e. The van der Waals surface area contributed by atoms with Crippen LogP contribution < -0.4 is 5.73 Å². The minimum Gasteiger partial charge on any atom is -0.391 e. The van der Waals surface area contributed by atoms with E-state index in [4.69, 9.17) is 17.3 Å². The monoisotopic (exact) mass is 391 g/mol. The molecule has 7 heteroatoms. The number of hydrogen-bond acceptors (Lipinski definition) is 4. The lowest BCUT2D eigenvalue weighted by Gasteiger charge is -2.46. The number of piperazine rings is 1. The van der Waals surface area contributed by atoms with Gasteiger partial charge in [0.1, 0.15) is 12.6 Å². The molecule has 0 bridgehead atoms. The second-order valence-electron chi connectivity index (χ2n) is 8.14. The molecule has 1 aliphatic carbocycles. The van der Waals surface area contributed by atoms with Gasteiger partial charge in [0.05, 0.1) is 6.10 Å². The molecule has 0 spiro atoms. The Morgan fingerprint density at radius 3 is 2.63 bits per heavy atom. The summed E-state index contributed by atoms with van der Waals surface area (Å²) in [6, 6.07) is 7.44. The maximum atomic E-state index is 12.9. The number of halogens is 1. The van der Waals surface area contributed by atoms with Crippen molar-refractivity contribution in [3.8, 4) is 0 Å². The Morgan fingerprint density at radius 2 is 1.96 bits per heavy atom. The van der Waals surface area contributed by atoms with Crippen molar-refractivity contribution in [1.82, 2.24) is 9.80 Å². The topological polar surface area (TPSA) is 86.9 Å². The van der Waals surface area contributed by atoms with Gasteiger partial charge in [0.25, 0.3) is 0 Å². The summed E-state index contributed by atoms with van der Waals surface area (Å²) in [5.41, 5.74) is 7.20. The van der Waals surface area contributed by atoms with Crippen molar-refractivity contribution in [2.75, 3.05) is 19.6 Å². The van der Waals surface area contributed by atoms with Gasteiger partial charge in [-0.3, -0.25) is 9.59 Å². The van der Waals surface area contributed by atoms with E-state index in [1.807, 2.05) is 18.2 Å². The molecule has 146 valence electrons. The van der Waals surface area contributed by atoms with E-state index in [-0.39, 0.29) is 36.4 Å². The van der Waals surface area contributed by atoms with Crippen LogP contribution in [0.15, 0.2) is 24.3 Å². The first-order valence-corrected chi connectivity index (χ1v) is 10.1. The Hall–Kier alpha value is -1.63. The Morgan fingerprint density at radius 1 is 1.22 bits per heavy atom. The first-order chi connectivity index (χ1) is 12.9. The van der Waals surface area contributed by atoms with Gasteiger partial charge in [-0.25, -0.2) is 0 Å². The average molecular weight is 392 g/mol. The van der Waals surface area contributed by atoms with Gasteiger partial charge < -0.3 is 20.6 Å². The van der Waals surface area contributed by atoms with Gasteiger partial charge in [0, 0.05) is 36.0 Å². The zero-order chi connectivity index (χ0) is 19.2. The zero-order valence-corrected chi connectivity index (χ0v) is 16.1. The van der Waals surface area contributed by atoms with E-state index in [1.54, 1.807) is 9.80 Å². The van der Waals surface area contributed by atoms with Gasteiger partial charge >= 0.3 is 0 Å². The maximum Gasteiger partial charge on any atom is 0.246 e. The third-order valence-electron chi connectivity index (χ3n) is 6.65. The minimum absolute atomic E-state index is 0.0147. The lowest BCUT2D eigenvalue weighted by atomic mass is 9.68. The molecular weight excluding hydrogens is 366 g/mol. The Kier molecular flexibility index (Phi) is 4.91. The summed E-state index contributed by atoms with van der Waals surface area (Å²) in [4.78, 5) is 28.7. The number of aliphatic hydroxyl groups is 1. The molecule has 0 aromatic heterocycles. The number of benzene rings is 1. The number of rotatable bonds is 3. The van der Waals surface area contributed by atoms with Crippen molar-refractivity contribution < 1.29 is 14.7 Å². The van der Waals surface area contributed by atoms with E-state index in [1.165, 1.54) is 0 Å². The fourth-order valence-electron chi connectivity index (χ4n) is 5.03. The van der Waals surface area contributed by atoms with Crippen LogP contribution in [-0.4, -0.2) is 64.5 Å². The molecule has 0 unspecified atom stereocenters. The van der Waals surface area contributed by atoms with Crippen molar-refractivity contribution in [1.29, 1.82) is 0 Å². The van der Waals surface area contributed by atoms with Crippen molar-refractivity contribution in [3.63, 3.8) is 0 Å². The van der Waals surface area contributed by atoms with Crippen molar-refractivity contribution in [2.24, 2.45) is 5.73 Å². The normalized spacial score (nSPS) is 34.1. The number of nitrogens with zero attached hydrogens (tertiary/aromatic N) is 2. The molecule has 1 aromatic rings. The first kappa shape index (κ1) is 18.7. The van der Waals surface area contributed by atoms with Gasteiger partial charge in [-0.2, -0.15) is 0 Å². The van der Waals surface area contributed by atoms with Crippen LogP contribution in [0.25, 0.3) is 0 Å². The van der Waals surface area contributed by atoms with Gasteiger partial charge in [-0.1, -0.05) is 23.7 Å². The third kappa shape index (κ3) is 3.24. The zero-order valence-electron chi connectivity index (χ0n) is 15.3. The number of nitrogens with two attached hydrogens (primary N) is 1. The summed E-state index contributed by atoms with van der Waals surface area (Å²) in [5, 5.41) is 10.6. The predicted molar refractivity (Wildman–Crippen MR) is 102 cm³/mol. The lowest BCUT2D eigenvalue weighted by Crippen LogP contribution is -2.61. The molecule has 1 saturated carbocycles. The molecule has 0 radical (unpaired) electrons. The van der Waals surface area contributed by atoms with Crippen LogP contribution in [0.5, 0.6) is 0 Å². The van der Waals surface area contributed by atoms with Crippen LogP contribution in [0, 0.1) is 0 Å². The van der Waals surface area contributed by atoms with Crippen molar-refractivity contribution in [2.45, 2.75) is 55.7 Å². The van der Waals surface area contributed by atoms with Crippen molar-refractivity contribution >= 4 is 23.4 Å². The van der Waals surface area contributed by atoms with E-state index >= 15 is 0 Å². The predicted octanol–water partition coefficient (Wildman–Crippen LogP) is 1.28. The molecular formula is C20H26ClN3O3. The summed E-state index contributed by atoms with van der Waals surface area (Å²) < 4.78 is 0. The SMILES string of the molecule is NC[C@]1(c2cccc(Cl)c2)CC[C@@H](N2CC(=O)N3C[C@H](O)C[C@H]3C2=O)CC1. The van der Waals surface area contributed by atoms with Crippen LogP contribution in [-0.2, 0) is 15.0 Å². The standard InChI is InChI=1S/C20H26ClN3O3/c21-14-3-1-2-13(8-14)20(12-22)6-4-15(5-7-20)23-11-18(26)24-10-16(25)9-17(24)19(23)27/h1-3,8,15-17,25H,4-7,9-12,22H2/t15-,16-,17+,20+/m1/s1. The molecule has 4 rings (SSSR count). The molecule has 6 nitrogen and oxygen atoms in total. The van der Waals surface area contributed by atoms with E-state index in [9.17, 15) is 14.7 Å². The van der Waals surface area contributed by atoms with Gasteiger partial charge in [0.2, 0.25) is 11.8 Å². The van der Waals surface area contributed by atoms with E-state index < -0.39 is 12.1 Å². The molecule has 27 heavy (non-hydrogen) atoms. The Balaban J connectivity index is 1.49. The summed E-state index contributed by atoms with van der Waals surface area (Å²) in [6.07, 6.45) is 3.12. The average Bonchev–Trinajstić information content (AvgIpc) is 3.07. The molecule has 3 fully saturated rings. The van der Waals surface area contributed by atoms with Gasteiger partial charge in [0.15, 0.2) is 0 Å². The molecule has 3 N–H and O–H groups in total. The molecule has 1 aromatic carbocycles. The second-order valence-corrected chi connectivity index (χ2v) is 8.58. The smallest absolute Gasteiger partial charge is 0.246 e. The number of carbonyl (C=O) groups excluding carboxylic acids is 2. The van der Waals surface area contributed by atoms with Crippen LogP contribution in [0.2, 0.25) is 5.02 Å². The number of fused-ring (bicyclic) bond motifs is 1. The fourth-order valence-corrected chi connectivity index (χ4v) is 5.22. The van der Waals surface area contributed by atoms with Crippen LogP contribution in [0.1, 0.15) is 37.7 Å².